The summed E-state index contributed by atoms with van der Waals surface area (Å²) in [4.78, 5) is 11.9. The Labute approximate surface area is 114 Å². The molecule has 1 amide bonds. The number of fused-ring (bicyclic) bond motifs is 1. The van der Waals surface area contributed by atoms with Crippen LogP contribution in [0.4, 0.5) is 0 Å². The first kappa shape index (κ1) is 13.7. The third kappa shape index (κ3) is 2.98. The first-order chi connectivity index (χ1) is 9.01. The molecule has 0 radical (unpaired) electrons. The van der Waals surface area contributed by atoms with E-state index in [-0.39, 0.29) is 11.9 Å². The summed E-state index contributed by atoms with van der Waals surface area (Å²) in [7, 11) is 0. The number of furan rings is 1. The molecule has 1 N–H and O–H groups in total. The predicted octanol–water partition coefficient (Wildman–Crippen LogP) is 3.51. The van der Waals surface area contributed by atoms with Crippen LogP contribution in [-0.2, 0) is 11.2 Å². The standard InChI is InChI=1S/C16H21NO2/c1-5-12(4)17-16(18)8-13-9-19-15-7-11(3)10(2)6-14(13)15/h6-7,9,12H,5,8H2,1-4H3,(H,17,18). The van der Waals surface area contributed by atoms with Crippen molar-refractivity contribution in [2.24, 2.45) is 0 Å². The number of aryl methyl sites for hydroxylation is 2. The van der Waals surface area contributed by atoms with E-state index in [1.807, 2.05) is 13.0 Å². The third-order valence-electron chi connectivity index (χ3n) is 3.64. The molecule has 2 rings (SSSR count). The van der Waals surface area contributed by atoms with E-state index in [1.54, 1.807) is 6.26 Å². The normalized spacial score (nSPS) is 12.6. The lowest BCUT2D eigenvalue weighted by atomic mass is 10.0. The van der Waals surface area contributed by atoms with Gasteiger partial charge >= 0.3 is 0 Å². The van der Waals surface area contributed by atoms with Crippen molar-refractivity contribution in [3.63, 3.8) is 0 Å². The molecule has 1 heterocycles. The van der Waals surface area contributed by atoms with Gasteiger partial charge in [-0.1, -0.05) is 6.92 Å². The number of rotatable bonds is 4. The molecule has 3 heteroatoms. The van der Waals surface area contributed by atoms with Gasteiger partial charge in [0.25, 0.3) is 0 Å². The molecule has 0 aliphatic carbocycles. The van der Waals surface area contributed by atoms with Crippen molar-refractivity contribution in [2.45, 2.75) is 46.6 Å². The maximum atomic E-state index is 11.9. The largest absolute Gasteiger partial charge is 0.464 e. The van der Waals surface area contributed by atoms with Crippen LogP contribution in [0.15, 0.2) is 22.8 Å². The number of hydrogen-bond acceptors (Lipinski definition) is 2. The van der Waals surface area contributed by atoms with Crippen LogP contribution in [0.2, 0.25) is 0 Å². The second-order valence-corrected chi connectivity index (χ2v) is 5.25. The number of carbonyl (C=O) groups is 1. The molecular weight excluding hydrogens is 238 g/mol. The van der Waals surface area contributed by atoms with Crippen LogP contribution < -0.4 is 5.32 Å². The number of benzene rings is 1. The van der Waals surface area contributed by atoms with Gasteiger partial charge in [-0.3, -0.25) is 4.79 Å². The Morgan fingerprint density at radius 3 is 2.68 bits per heavy atom. The van der Waals surface area contributed by atoms with Crippen molar-refractivity contribution < 1.29 is 9.21 Å². The summed E-state index contributed by atoms with van der Waals surface area (Å²) in [6.07, 6.45) is 3.01. The van der Waals surface area contributed by atoms with Gasteiger partial charge in [0.05, 0.1) is 12.7 Å². The Balaban J connectivity index is 2.22. The fourth-order valence-corrected chi connectivity index (χ4v) is 2.07. The van der Waals surface area contributed by atoms with Crippen LogP contribution in [0.1, 0.15) is 37.0 Å². The van der Waals surface area contributed by atoms with E-state index in [1.165, 1.54) is 11.1 Å². The molecule has 0 saturated heterocycles. The summed E-state index contributed by atoms with van der Waals surface area (Å²) < 4.78 is 5.54. The van der Waals surface area contributed by atoms with Crippen molar-refractivity contribution in [3.05, 3.63) is 35.1 Å². The molecule has 0 fully saturated rings. The van der Waals surface area contributed by atoms with Gasteiger partial charge in [-0.05, 0) is 50.5 Å². The van der Waals surface area contributed by atoms with E-state index < -0.39 is 0 Å². The van der Waals surface area contributed by atoms with Gasteiger partial charge in [-0.15, -0.1) is 0 Å². The second kappa shape index (κ2) is 5.47. The second-order valence-electron chi connectivity index (χ2n) is 5.25. The van der Waals surface area contributed by atoms with E-state index >= 15 is 0 Å². The van der Waals surface area contributed by atoms with Gasteiger partial charge in [0.1, 0.15) is 5.58 Å². The number of amides is 1. The lowest BCUT2D eigenvalue weighted by Gasteiger charge is -2.10. The quantitative estimate of drug-likeness (QED) is 0.913. The Morgan fingerprint density at radius 2 is 2.00 bits per heavy atom. The highest BCUT2D eigenvalue weighted by atomic mass is 16.3. The van der Waals surface area contributed by atoms with Gasteiger partial charge in [-0.2, -0.15) is 0 Å². The Hall–Kier alpha value is -1.77. The summed E-state index contributed by atoms with van der Waals surface area (Å²) in [6.45, 7) is 8.21. The lowest BCUT2D eigenvalue weighted by Crippen LogP contribution is -2.33. The van der Waals surface area contributed by atoms with E-state index in [0.29, 0.717) is 6.42 Å². The van der Waals surface area contributed by atoms with E-state index in [2.05, 4.69) is 32.2 Å². The van der Waals surface area contributed by atoms with Crippen LogP contribution in [0, 0.1) is 13.8 Å². The number of carbonyl (C=O) groups excluding carboxylic acids is 1. The molecule has 0 spiro atoms. The summed E-state index contributed by atoms with van der Waals surface area (Å²) >= 11 is 0. The molecule has 2 aromatic rings. The van der Waals surface area contributed by atoms with Crippen LogP contribution in [0.5, 0.6) is 0 Å². The number of nitrogens with one attached hydrogen (secondary N) is 1. The SMILES string of the molecule is CCC(C)NC(=O)Cc1coc2cc(C)c(C)cc12. The molecular formula is C16H21NO2. The van der Waals surface area contributed by atoms with E-state index in [0.717, 1.165) is 23.0 Å². The third-order valence-corrected chi connectivity index (χ3v) is 3.64. The van der Waals surface area contributed by atoms with Gasteiger partial charge in [-0.25, -0.2) is 0 Å². The van der Waals surface area contributed by atoms with Crippen molar-refractivity contribution in [1.82, 2.24) is 5.32 Å². The molecule has 1 aromatic heterocycles. The van der Waals surface area contributed by atoms with Crippen molar-refractivity contribution in [3.8, 4) is 0 Å². The molecule has 0 aliphatic heterocycles. The molecule has 0 saturated carbocycles. The van der Waals surface area contributed by atoms with Gasteiger partial charge in [0.15, 0.2) is 0 Å². The van der Waals surface area contributed by atoms with Crippen molar-refractivity contribution in [2.75, 3.05) is 0 Å². The van der Waals surface area contributed by atoms with E-state index in [9.17, 15) is 4.79 Å². The van der Waals surface area contributed by atoms with Gasteiger partial charge in [0.2, 0.25) is 5.91 Å². The average Bonchev–Trinajstić information content (AvgIpc) is 2.72. The predicted molar refractivity (Wildman–Crippen MR) is 77.3 cm³/mol. The van der Waals surface area contributed by atoms with E-state index in [4.69, 9.17) is 4.42 Å². The monoisotopic (exact) mass is 259 g/mol. The number of hydrogen-bond donors (Lipinski definition) is 1. The molecule has 102 valence electrons. The minimum Gasteiger partial charge on any atom is -0.464 e. The minimum absolute atomic E-state index is 0.0512. The van der Waals surface area contributed by atoms with Crippen LogP contribution >= 0.6 is 0 Å². The van der Waals surface area contributed by atoms with Crippen LogP contribution in [-0.4, -0.2) is 11.9 Å². The molecule has 19 heavy (non-hydrogen) atoms. The average molecular weight is 259 g/mol. The molecule has 3 nitrogen and oxygen atoms in total. The fraction of sp³-hybridized carbons (Fsp3) is 0.438. The molecule has 1 aromatic carbocycles. The summed E-state index contributed by atoms with van der Waals surface area (Å²) in [5.74, 6) is 0.0512. The highest BCUT2D eigenvalue weighted by Crippen LogP contribution is 2.25. The fourth-order valence-electron chi connectivity index (χ4n) is 2.07. The lowest BCUT2D eigenvalue weighted by molar-refractivity contribution is -0.121. The maximum absolute atomic E-state index is 11.9. The zero-order chi connectivity index (χ0) is 14.0. The smallest absolute Gasteiger partial charge is 0.224 e. The summed E-state index contributed by atoms with van der Waals surface area (Å²) in [5.41, 5.74) is 4.24. The van der Waals surface area contributed by atoms with Crippen LogP contribution in [0.3, 0.4) is 0 Å². The van der Waals surface area contributed by atoms with Crippen LogP contribution in [0.25, 0.3) is 11.0 Å². The minimum atomic E-state index is 0.0512. The van der Waals surface area contributed by atoms with Gasteiger partial charge in [0, 0.05) is 17.0 Å². The Morgan fingerprint density at radius 1 is 1.32 bits per heavy atom. The molecule has 0 aliphatic rings. The molecule has 1 atom stereocenters. The highest BCUT2D eigenvalue weighted by Gasteiger charge is 2.12. The molecule has 0 bridgehead atoms. The Kier molecular flexibility index (Phi) is 3.93. The maximum Gasteiger partial charge on any atom is 0.224 e. The summed E-state index contributed by atoms with van der Waals surface area (Å²) in [5, 5.41) is 4.02. The van der Waals surface area contributed by atoms with Crippen molar-refractivity contribution in [1.29, 1.82) is 0 Å². The zero-order valence-electron chi connectivity index (χ0n) is 12.0. The first-order valence-corrected chi connectivity index (χ1v) is 6.78. The van der Waals surface area contributed by atoms with Gasteiger partial charge < -0.3 is 9.73 Å². The summed E-state index contributed by atoms with van der Waals surface area (Å²) in [6, 6.07) is 4.34. The van der Waals surface area contributed by atoms with Crippen molar-refractivity contribution >= 4 is 16.9 Å². The zero-order valence-corrected chi connectivity index (χ0v) is 12.0. The first-order valence-electron chi connectivity index (χ1n) is 6.78. The highest BCUT2D eigenvalue weighted by molar-refractivity contribution is 5.88. The Bertz CT molecular complexity index is 598. The topological polar surface area (TPSA) is 42.2 Å². The molecule has 1 unspecified atom stereocenters.